The first-order chi connectivity index (χ1) is 6.86. The van der Waals surface area contributed by atoms with E-state index in [9.17, 15) is 0 Å². The van der Waals surface area contributed by atoms with Crippen LogP contribution in [-0.2, 0) is 6.42 Å². The summed E-state index contributed by atoms with van der Waals surface area (Å²) < 4.78 is 0. The number of hydrogen-bond acceptors (Lipinski definition) is 3. The van der Waals surface area contributed by atoms with Gasteiger partial charge in [-0.15, -0.1) is 0 Å². The second-order valence-corrected chi connectivity index (χ2v) is 4.53. The molecule has 0 spiro atoms. The van der Waals surface area contributed by atoms with Crippen molar-refractivity contribution in [2.45, 2.75) is 19.4 Å². The van der Waals surface area contributed by atoms with Crippen LogP contribution in [0.1, 0.15) is 12.5 Å². The Hall–Kier alpha value is -0.540. The predicted octanol–water partition coefficient (Wildman–Crippen LogP) is 1.97. The Balaban J connectivity index is 2.40. The fourth-order valence-electron chi connectivity index (χ4n) is 1.31. The number of rotatable bonds is 6. The molecule has 0 fully saturated rings. The monoisotopic (exact) mass is 210 g/mol. The van der Waals surface area contributed by atoms with Crippen molar-refractivity contribution in [3.8, 4) is 0 Å². The van der Waals surface area contributed by atoms with Crippen LogP contribution in [0, 0.1) is 0 Å². The Morgan fingerprint density at radius 1 is 1.57 bits per heavy atom. The van der Waals surface area contributed by atoms with E-state index in [0.29, 0.717) is 6.04 Å². The number of pyridine rings is 1. The van der Waals surface area contributed by atoms with Crippen LogP contribution in [0.3, 0.4) is 0 Å². The molecule has 1 N–H and O–H groups in total. The van der Waals surface area contributed by atoms with Crippen molar-refractivity contribution in [1.82, 2.24) is 10.3 Å². The van der Waals surface area contributed by atoms with Gasteiger partial charge in [-0.3, -0.25) is 4.98 Å². The fraction of sp³-hybridized carbons (Fsp3) is 0.545. The molecule has 0 saturated heterocycles. The molecule has 1 aromatic heterocycles. The van der Waals surface area contributed by atoms with Gasteiger partial charge in [0.15, 0.2) is 0 Å². The largest absolute Gasteiger partial charge is 0.316 e. The molecule has 0 saturated carbocycles. The molecule has 1 atom stereocenters. The molecule has 0 aromatic carbocycles. The zero-order valence-corrected chi connectivity index (χ0v) is 9.68. The van der Waals surface area contributed by atoms with Crippen LogP contribution in [0.5, 0.6) is 0 Å². The summed E-state index contributed by atoms with van der Waals surface area (Å²) in [6.45, 7) is 2.20. The quantitative estimate of drug-likeness (QED) is 0.777. The third-order valence-corrected chi connectivity index (χ3v) is 3.18. The van der Waals surface area contributed by atoms with E-state index in [2.05, 4.69) is 23.3 Å². The van der Waals surface area contributed by atoms with E-state index in [4.69, 9.17) is 0 Å². The number of thioether (sulfide) groups is 1. The highest BCUT2D eigenvalue weighted by atomic mass is 32.2. The highest BCUT2D eigenvalue weighted by Crippen LogP contribution is 2.07. The van der Waals surface area contributed by atoms with Crippen LogP contribution in [-0.4, -0.2) is 29.6 Å². The Kier molecular flexibility index (Phi) is 5.64. The first-order valence-corrected chi connectivity index (χ1v) is 6.16. The van der Waals surface area contributed by atoms with Gasteiger partial charge in [0, 0.05) is 24.2 Å². The van der Waals surface area contributed by atoms with Crippen molar-refractivity contribution in [1.29, 1.82) is 0 Å². The van der Waals surface area contributed by atoms with Crippen LogP contribution >= 0.6 is 11.8 Å². The van der Waals surface area contributed by atoms with E-state index in [1.54, 1.807) is 0 Å². The molecule has 78 valence electrons. The second-order valence-electron chi connectivity index (χ2n) is 3.21. The Labute approximate surface area is 90.5 Å². The lowest BCUT2D eigenvalue weighted by Crippen LogP contribution is -2.30. The van der Waals surface area contributed by atoms with Gasteiger partial charge in [-0.1, -0.05) is 13.0 Å². The lowest BCUT2D eigenvalue weighted by atomic mass is 10.1. The van der Waals surface area contributed by atoms with Crippen LogP contribution in [0.2, 0.25) is 0 Å². The average molecular weight is 210 g/mol. The van der Waals surface area contributed by atoms with Gasteiger partial charge < -0.3 is 5.32 Å². The summed E-state index contributed by atoms with van der Waals surface area (Å²) >= 11 is 1.98. The third-order valence-electron chi connectivity index (χ3n) is 2.14. The van der Waals surface area contributed by atoms with E-state index in [1.807, 2.05) is 37.3 Å². The summed E-state index contributed by atoms with van der Waals surface area (Å²) in [5.41, 5.74) is 1.31. The second kappa shape index (κ2) is 6.85. The van der Waals surface area contributed by atoms with Crippen LogP contribution < -0.4 is 5.32 Å². The minimum absolute atomic E-state index is 0.559. The molecule has 0 bridgehead atoms. The molecular formula is C11H18N2S. The zero-order valence-electron chi connectivity index (χ0n) is 8.86. The molecule has 0 aliphatic carbocycles. The Morgan fingerprint density at radius 2 is 2.43 bits per heavy atom. The van der Waals surface area contributed by atoms with E-state index in [1.165, 1.54) is 17.1 Å². The highest BCUT2D eigenvalue weighted by Gasteiger charge is 2.06. The molecular weight excluding hydrogens is 192 g/mol. The summed E-state index contributed by atoms with van der Waals surface area (Å²) in [6.07, 6.45) is 4.83. The SMILES string of the molecule is CCSCC(Cc1cccnc1)NC. The van der Waals surface area contributed by atoms with Crippen molar-refractivity contribution in [3.63, 3.8) is 0 Å². The predicted molar refractivity (Wildman–Crippen MR) is 63.8 cm³/mol. The third kappa shape index (κ3) is 4.11. The van der Waals surface area contributed by atoms with Crippen molar-refractivity contribution in [2.75, 3.05) is 18.6 Å². The normalized spacial score (nSPS) is 12.7. The number of aromatic nitrogens is 1. The summed E-state index contributed by atoms with van der Waals surface area (Å²) in [5, 5.41) is 3.34. The molecule has 2 nitrogen and oxygen atoms in total. The van der Waals surface area contributed by atoms with Gasteiger partial charge in [-0.05, 0) is 30.9 Å². The van der Waals surface area contributed by atoms with Crippen molar-refractivity contribution >= 4 is 11.8 Å². The molecule has 1 heterocycles. The minimum atomic E-state index is 0.559. The maximum absolute atomic E-state index is 4.12. The van der Waals surface area contributed by atoms with E-state index in [0.717, 1.165) is 6.42 Å². The minimum Gasteiger partial charge on any atom is -0.316 e. The van der Waals surface area contributed by atoms with Gasteiger partial charge in [-0.25, -0.2) is 0 Å². The summed E-state index contributed by atoms with van der Waals surface area (Å²) in [5.74, 6) is 2.35. The van der Waals surface area contributed by atoms with E-state index >= 15 is 0 Å². The first-order valence-electron chi connectivity index (χ1n) is 5.00. The van der Waals surface area contributed by atoms with Gasteiger partial charge in [0.25, 0.3) is 0 Å². The molecule has 1 aromatic rings. The Morgan fingerprint density at radius 3 is 3.00 bits per heavy atom. The first kappa shape index (κ1) is 11.5. The maximum atomic E-state index is 4.12. The summed E-state index contributed by atoms with van der Waals surface area (Å²) in [7, 11) is 2.03. The molecule has 0 radical (unpaired) electrons. The molecule has 14 heavy (non-hydrogen) atoms. The number of nitrogens with one attached hydrogen (secondary N) is 1. The summed E-state index contributed by atoms with van der Waals surface area (Å²) in [4.78, 5) is 4.12. The topological polar surface area (TPSA) is 24.9 Å². The number of hydrogen-bond donors (Lipinski definition) is 1. The van der Waals surface area contributed by atoms with Crippen LogP contribution in [0.25, 0.3) is 0 Å². The lowest BCUT2D eigenvalue weighted by molar-refractivity contribution is 0.616. The zero-order chi connectivity index (χ0) is 10.2. The Bertz CT molecular complexity index is 238. The molecule has 0 aliphatic heterocycles. The molecule has 0 amide bonds. The van der Waals surface area contributed by atoms with E-state index < -0.39 is 0 Å². The smallest absolute Gasteiger partial charge is 0.0300 e. The number of likely N-dealkylation sites (N-methyl/N-ethyl adjacent to an activating group) is 1. The molecule has 1 unspecified atom stereocenters. The number of nitrogens with zero attached hydrogens (tertiary/aromatic N) is 1. The molecule has 1 rings (SSSR count). The van der Waals surface area contributed by atoms with Gasteiger partial charge in [0.05, 0.1) is 0 Å². The van der Waals surface area contributed by atoms with Gasteiger partial charge >= 0.3 is 0 Å². The van der Waals surface area contributed by atoms with Crippen molar-refractivity contribution < 1.29 is 0 Å². The summed E-state index contributed by atoms with van der Waals surface area (Å²) in [6, 6.07) is 4.69. The van der Waals surface area contributed by atoms with Gasteiger partial charge in [-0.2, -0.15) is 11.8 Å². The van der Waals surface area contributed by atoms with Crippen molar-refractivity contribution in [2.24, 2.45) is 0 Å². The molecule has 3 heteroatoms. The van der Waals surface area contributed by atoms with Gasteiger partial charge in [0.2, 0.25) is 0 Å². The molecule has 0 aliphatic rings. The average Bonchev–Trinajstić information content (AvgIpc) is 2.25. The van der Waals surface area contributed by atoms with Gasteiger partial charge in [0.1, 0.15) is 0 Å². The van der Waals surface area contributed by atoms with Crippen LogP contribution in [0.15, 0.2) is 24.5 Å². The van der Waals surface area contributed by atoms with Crippen molar-refractivity contribution in [3.05, 3.63) is 30.1 Å². The maximum Gasteiger partial charge on any atom is 0.0300 e. The van der Waals surface area contributed by atoms with E-state index in [-0.39, 0.29) is 0 Å². The standard InChI is InChI=1S/C11H18N2S/c1-3-14-9-11(12-2)7-10-5-4-6-13-8-10/h4-6,8,11-12H,3,7,9H2,1-2H3. The highest BCUT2D eigenvalue weighted by molar-refractivity contribution is 7.99. The van der Waals surface area contributed by atoms with Crippen LogP contribution in [0.4, 0.5) is 0 Å². The fourth-order valence-corrected chi connectivity index (χ4v) is 2.11. The lowest BCUT2D eigenvalue weighted by Gasteiger charge is -2.14.